The van der Waals surface area contributed by atoms with Crippen LogP contribution < -0.4 is 20.3 Å². The number of phenols is 1. The van der Waals surface area contributed by atoms with E-state index in [1.54, 1.807) is 37.4 Å². The fourth-order valence-corrected chi connectivity index (χ4v) is 3.02. The highest BCUT2D eigenvalue weighted by Gasteiger charge is 2.17. The number of hydrazine groups is 1. The zero-order valence-electron chi connectivity index (χ0n) is 14.7. The lowest BCUT2D eigenvalue weighted by molar-refractivity contribution is 0.0545. The van der Waals surface area contributed by atoms with Crippen molar-refractivity contribution >= 4 is 28.5 Å². The third kappa shape index (κ3) is 5.23. The maximum Gasteiger partial charge on any atom is 0.266 e. The molecular weight excluding hydrogens is 451 g/mol. The van der Waals surface area contributed by atoms with E-state index in [4.69, 9.17) is 14.2 Å². The van der Waals surface area contributed by atoms with Crippen molar-refractivity contribution in [1.82, 2.24) is 10.9 Å². The van der Waals surface area contributed by atoms with Crippen LogP contribution in [-0.2, 0) is 11.2 Å². The van der Waals surface area contributed by atoms with Crippen LogP contribution in [0.4, 0.5) is 0 Å². The predicted molar refractivity (Wildman–Crippen MR) is 105 cm³/mol. The highest BCUT2D eigenvalue weighted by atomic mass is 127. The molecule has 0 aliphatic carbocycles. The molecule has 2 aromatic carbocycles. The number of phenolic OH excluding ortho intramolecular Hbond substituents is 1. The fraction of sp³-hybridized carbons (Fsp3) is 0.278. The number of halogens is 1. The van der Waals surface area contributed by atoms with Gasteiger partial charge in [-0.2, -0.15) is 0 Å². The second-order valence-corrected chi connectivity index (χ2v) is 6.55. The number of carbonyl (C=O) groups is 1. The first-order valence-electron chi connectivity index (χ1n) is 7.76. The molecule has 2 aromatic rings. The van der Waals surface area contributed by atoms with Crippen LogP contribution >= 0.6 is 22.6 Å². The number of rotatable bonds is 8. The third-order valence-electron chi connectivity index (χ3n) is 3.68. The van der Waals surface area contributed by atoms with Gasteiger partial charge in [-0.15, -0.1) is 0 Å². The number of hydrogen-bond donors (Lipinski definition) is 3. The number of hydrogen-bond acceptors (Lipinski definition) is 6. The molecule has 140 valence electrons. The summed E-state index contributed by atoms with van der Waals surface area (Å²) >= 11 is 2.06. The van der Waals surface area contributed by atoms with Gasteiger partial charge in [-0.05, 0) is 52.4 Å². The van der Waals surface area contributed by atoms with Crippen molar-refractivity contribution in [3.8, 4) is 17.2 Å². The summed E-state index contributed by atoms with van der Waals surface area (Å²) in [6.07, 6.45) is 0.00680. The number of amides is 1. The standard InChI is InChI=1S/C18H21IN2O5/c1-24-15-9-13(14(19)10-16(15)25-2)18(23)21-20-17(26-3)8-11-5-4-6-12(22)7-11/h4-7,9-10,17,20,22H,8H2,1-3H3,(H,21,23). The second-order valence-electron chi connectivity index (χ2n) is 5.38. The lowest BCUT2D eigenvalue weighted by Gasteiger charge is -2.19. The monoisotopic (exact) mass is 472 g/mol. The molecule has 0 aliphatic rings. The smallest absolute Gasteiger partial charge is 0.266 e. The summed E-state index contributed by atoms with van der Waals surface area (Å²) in [6, 6.07) is 10.2. The summed E-state index contributed by atoms with van der Waals surface area (Å²) in [5.74, 6) is 0.885. The van der Waals surface area contributed by atoms with Gasteiger partial charge in [0.2, 0.25) is 0 Å². The lowest BCUT2D eigenvalue weighted by atomic mass is 10.1. The molecule has 0 spiro atoms. The number of carbonyl (C=O) groups excluding carboxylic acids is 1. The van der Waals surface area contributed by atoms with Gasteiger partial charge in [0.1, 0.15) is 12.0 Å². The molecule has 0 saturated heterocycles. The van der Waals surface area contributed by atoms with Gasteiger partial charge in [-0.25, -0.2) is 5.43 Å². The van der Waals surface area contributed by atoms with E-state index in [1.165, 1.54) is 14.2 Å². The Balaban J connectivity index is 2.04. The van der Waals surface area contributed by atoms with Crippen LogP contribution in [0, 0.1) is 3.57 Å². The van der Waals surface area contributed by atoms with Crippen molar-refractivity contribution in [2.24, 2.45) is 0 Å². The van der Waals surface area contributed by atoms with E-state index in [1.807, 2.05) is 6.07 Å². The Hall–Kier alpha value is -2.04. The summed E-state index contributed by atoms with van der Waals surface area (Å²) in [7, 11) is 4.59. The number of methoxy groups -OCH3 is 3. The summed E-state index contributed by atoms with van der Waals surface area (Å²) in [4.78, 5) is 12.5. The maximum atomic E-state index is 12.5. The van der Waals surface area contributed by atoms with E-state index in [9.17, 15) is 9.90 Å². The average Bonchev–Trinajstić information content (AvgIpc) is 2.64. The quantitative estimate of drug-likeness (QED) is 0.311. The van der Waals surface area contributed by atoms with Gasteiger partial charge in [0.05, 0.1) is 19.8 Å². The zero-order valence-corrected chi connectivity index (χ0v) is 16.9. The number of nitrogens with one attached hydrogen (secondary N) is 2. The minimum absolute atomic E-state index is 0.182. The first kappa shape index (κ1) is 20.3. The minimum atomic E-state index is -0.460. The van der Waals surface area contributed by atoms with Gasteiger partial charge in [-0.3, -0.25) is 10.2 Å². The molecule has 0 radical (unpaired) electrons. The molecule has 26 heavy (non-hydrogen) atoms. The maximum absolute atomic E-state index is 12.5. The predicted octanol–water partition coefficient (Wildman–Crippen LogP) is 2.46. The van der Waals surface area contributed by atoms with Crippen LogP contribution in [0.25, 0.3) is 0 Å². The van der Waals surface area contributed by atoms with Crippen LogP contribution in [0.15, 0.2) is 36.4 Å². The number of ether oxygens (including phenoxy) is 3. The van der Waals surface area contributed by atoms with Gasteiger partial charge in [0, 0.05) is 17.1 Å². The molecule has 1 amide bonds. The molecule has 0 saturated carbocycles. The molecule has 0 fully saturated rings. The van der Waals surface area contributed by atoms with Crippen LogP contribution in [0.3, 0.4) is 0 Å². The molecule has 0 bridgehead atoms. The van der Waals surface area contributed by atoms with Gasteiger partial charge >= 0.3 is 0 Å². The van der Waals surface area contributed by atoms with Crippen molar-refractivity contribution in [2.75, 3.05) is 21.3 Å². The topological polar surface area (TPSA) is 89.1 Å². The van der Waals surface area contributed by atoms with Gasteiger partial charge < -0.3 is 19.3 Å². The summed E-state index contributed by atoms with van der Waals surface area (Å²) < 4.78 is 16.5. The molecular formula is C18H21IN2O5. The van der Waals surface area contributed by atoms with Gasteiger partial charge in [-0.1, -0.05) is 12.1 Å². The van der Waals surface area contributed by atoms with E-state index in [0.717, 1.165) is 9.13 Å². The van der Waals surface area contributed by atoms with Gasteiger partial charge in [0.15, 0.2) is 11.5 Å². The van der Waals surface area contributed by atoms with E-state index < -0.39 is 6.23 Å². The van der Waals surface area contributed by atoms with E-state index in [-0.39, 0.29) is 11.7 Å². The van der Waals surface area contributed by atoms with Crippen LogP contribution in [0.5, 0.6) is 17.2 Å². The van der Waals surface area contributed by atoms with Crippen molar-refractivity contribution in [3.63, 3.8) is 0 Å². The lowest BCUT2D eigenvalue weighted by Crippen LogP contribution is -2.46. The minimum Gasteiger partial charge on any atom is -0.508 e. The van der Waals surface area contributed by atoms with Crippen molar-refractivity contribution in [2.45, 2.75) is 12.6 Å². The largest absolute Gasteiger partial charge is 0.508 e. The molecule has 7 nitrogen and oxygen atoms in total. The van der Waals surface area contributed by atoms with Crippen LogP contribution in [-0.4, -0.2) is 38.6 Å². The Labute approximate surface area is 165 Å². The van der Waals surface area contributed by atoms with Gasteiger partial charge in [0.25, 0.3) is 5.91 Å². The molecule has 0 aromatic heterocycles. The zero-order chi connectivity index (χ0) is 19.1. The Morgan fingerprint density at radius 1 is 1.15 bits per heavy atom. The highest BCUT2D eigenvalue weighted by molar-refractivity contribution is 14.1. The average molecular weight is 472 g/mol. The van der Waals surface area contributed by atoms with Crippen LogP contribution in [0.2, 0.25) is 0 Å². The summed E-state index contributed by atoms with van der Waals surface area (Å²) in [5.41, 5.74) is 6.81. The Morgan fingerprint density at radius 3 is 2.46 bits per heavy atom. The normalized spacial score (nSPS) is 11.7. The Morgan fingerprint density at radius 2 is 1.85 bits per heavy atom. The van der Waals surface area contributed by atoms with E-state index >= 15 is 0 Å². The van der Waals surface area contributed by atoms with Crippen LogP contribution in [0.1, 0.15) is 15.9 Å². The van der Waals surface area contributed by atoms with E-state index in [0.29, 0.717) is 23.5 Å². The molecule has 8 heteroatoms. The molecule has 0 heterocycles. The molecule has 0 aliphatic heterocycles. The van der Waals surface area contributed by atoms with Crippen molar-refractivity contribution < 1.29 is 24.1 Å². The second kappa shape index (κ2) is 9.60. The Kier molecular flexibility index (Phi) is 7.49. The first-order valence-corrected chi connectivity index (χ1v) is 8.84. The van der Waals surface area contributed by atoms with Crippen molar-refractivity contribution in [1.29, 1.82) is 0 Å². The highest BCUT2D eigenvalue weighted by Crippen LogP contribution is 2.31. The number of aromatic hydroxyl groups is 1. The summed E-state index contributed by atoms with van der Waals surface area (Å²) in [5, 5.41) is 9.53. The SMILES string of the molecule is COc1cc(I)c(C(=O)NNC(Cc2cccc(O)c2)OC)cc1OC. The van der Waals surface area contributed by atoms with Crippen molar-refractivity contribution in [3.05, 3.63) is 51.1 Å². The summed E-state index contributed by atoms with van der Waals surface area (Å²) in [6.45, 7) is 0. The first-order chi connectivity index (χ1) is 12.5. The third-order valence-corrected chi connectivity index (χ3v) is 4.57. The molecule has 3 N–H and O–H groups in total. The molecule has 1 atom stereocenters. The number of benzene rings is 2. The molecule has 1 unspecified atom stereocenters. The fourth-order valence-electron chi connectivity index (χ4n) is 2.33. The van der Waals surface area contributed by atoms with E-state index in [2.05, 4.69) is 33.4 Å². The molecule has 2 rings (SSSR count). The Bertz CT molecular complexity index is 769.